The summed E-state index contributed by atoms with van der Waals surface area (Å²) in [4.78, 5) is 15.0. The van der Waals surface area contributed by atoms with Gasteiger partial charge in [-0.3, -0.25) is 0 Å². The van der Waals surface area contributed by atoms with Crippen molar-refractivity contribution < 1.29 is 0 Å². The molecule has 21 rings (SSSR count). The van der Waals surface area contributed by atoms with Gasteiger partial charge in [0.05, 0.1) is 0 Å². The quantitative estimate of drug-likeness (QED) is 0.0891. The summed E-state index contributed by atoms with van der Waals surface area (Å²) in [6.07, 6.45) is 0. The molecule has 0 fully saturated rings. The molecule has 17 aromatic carbocycles. The van der Waals surface area contributed by atoms with Gasteiger partial charge in [0.25, 0.3) is 0 Å². The topological polar surface area (TPSA) is 19.4 Å². The normalized spacial score (nSPS) is 12.5. The SMILES string of the molecule is Cc1ccc(N(c2cccc(C)c2)c2cccc(N3c4ccccc4N(c4ccc5c(-c6ccccc6)c6cc(N7c8ccccc8N(c8cccc(N(c9cccc(C)c9)c9cccc(C)c9)c8)c8cc9c(cc87)[se]c7ccccc79)ccc6c(-c6ccccc6)c5c4)c4cc5[se]c6ccccc6c5cc43)c2)cc1. The van der Waals surface area contributed by atoms with Gasteiger partial charge in [0.1, 0.15) is 0 Å². The van der Waals surface area contributed by atoms with Crippen LogP contribution in [0.3, 0.4) is 0 Å². The second-order valence-corrected chi connectivity index (χ2v) is 33.7. The van der Waals surface area contributed by atoms with E-state index in [2.05, 4.69) is 421 Å². The molecule has 0 saturated heterocycles. The zero-order chi connectivity index (χ0) is 73.2. The molecule has 0 N–H and O–H groups in total. The number of fused-ring (bicyclic) bond motifs is 12. The van der Waals surface area contributed by atoms with Gasteiger partial charge < -0.3 is 0 Å². The Morgan fingerprint density at radius 3 is 0.927 bits per heavy atom. The maximum absolute atomic E-state index is 2.56. The van der Waals surface area contributed by atoms with Crippen molar-refractivity contribution in [3.63, 3.8) is 0 Å². The summed E-state index contributed by atoms with van der Waals surface area (Å²) in [5, 5.41) is 9.98. The Balaban J connectivity index is 0.764. The molecule has 0 radical (unpaired) electrons. The van der Waals surface area contributed by atoms with Crippen molar-refractivity contribution in [2.24, 2.45) is 0 Å². The van der Waals surface area contributed by atoms with Gasteiger partial charge in [-0.25, -0.2) is 0 Å². The van der Waals surface area contributed by atoms with Gasteiger partial charge in [-0.15, -0.1) is 0 Å². The predicted octanol–water partition coefficient (Wildman–Crippen LogP) is 28.7. The number of para-hydroxylation sites is 4. The molecule has 2 aliphatic heterocycles. The molecule has 0 bridgehead atoms. The van der Waals surface area contributed by atoms with E-state index in [4.69, 9.17) is 0 Å². The van der Waals surface area contributed by atoms with Crippen LogP contribution in [0.15, 0.2) is 364 Å². The molecule has 0 spiro atoms. The van der Waals surface area contributed by atoms with Gasteiger partial charge in [0.2, 0.25) is 0 Å². The van der Waals surface area contributed by atoms with Crippen LogP contribution in [0.1, 0.15) is 22.3 Å². The summed E-state index contributed by atoms with van der Waals surface area (Å²) < 4.78 is 5.59. The number of anilines is 18. The molecule has 2 aromatic heterocycles. The first-order valence-corrected chi connectivity index (χ1v) is 41.1. The minimum atomic E-state index is 0.103. The molecule has 2 aliphatic rings. The van der Waals surface area contributed by atoms with Crippen LogP contribution in [-0.2, 0) is 0 Å². The number of hydrogen-bond acceptors (Lipinski definition) is 6. The summed E-state index contributed by atoms with van der Waals surface area (Å²) in [5.74, 6) is 0. The molecule has 6 nitrogen and oxygen atoms in total. The fraction of sp³-hybridized carbons (Fsp3) is 0.0392. The third kappa shape index (κ3) is 11.0. The van der Waals surface area contributed by atoms with Crippen molar-refractivity contribution in [3.8, 4) is 22.3 Å². The molecule has 4 heterocycles. The molecule has 0 saturated carbocycles. The van der Waals surface area contributed by atoms with Gasteiger partial charge in [-0.1, -0.05) is 23.8 Å². The van der Waals surface area contributed by atoms with Crippen LogP contribution in [0.25, 0.3) is 82.4 Å². The molecule has 0 unspecified atom stereocenters. The summed E-state index contributed by atoms with van der Waals surface area (Å²) in [7, 11) is 0. The average molecular weight is 1540 g/mol. The standard InChI is InChI=1S/C102H72N6Se2/c1-65-46-48-71(49-47-65)103(72-31-19-24-66(2)54-72)75-34-22-36-77(57-75)105-89-40-13-15-42-91(89)107(95-63-99-85(61-93(95)105)81-38-11-17-44-97(81)109-99)79-50-52-83-87(59-79)101(69-27-7-5-8-28-69)84-53-51-80(60-88(84)102(83)70-29-9-6-10-30-70)108-92-43-16-14-41-90(92)106(94-62-86-82-39-12-18-45-98(82)110-100(86)64-96(94)108)78-37-23-35-76(58-78)104(73-32-20-25-67(3)55-73)74-33-21-26-68(4)56-74/h5-64H,1-4H3. The Hall–Kier alpha value is -12.9. The summed E-state index contributed by atoms with van der Waals surface area (Å²) in [6.45, 7) is 8.69. The number of hydrogen-bond donors (Lipinski definition) is 0. The monoisotopic (exact) mass is 1540 g/mol. The van der Waals surface area contributed by atoms with Crippen LogP contribution in [0, 0.1) is 27.7 Å². The number of aryl methyl sites for hydroxylation is 4. The number of benzene rings is 17. The molecule has 522 valence electrons. The van der Waals surface area contributed by atoms with Crippen molar-refractivity contribution in [3.05, 3.63) is 386 Å². The summed E-state index contributed by atoms with van der Waals surface area (Å²) in [5.41, 5.74) is 29.5. The molecular formula is C102H72N6Se2. The minimum absolute atomic E-state index is 0.103. The second-order valence-electron chi connectivity index (χ2n) is 29.2. The summed E-state index contributed by atoms with van der Waals surface area (Å²) >= 11 is 0.206. The van der Waals surface area contributed by atoms with E-state index in [1.165, 1.54) is 93.5 Å². The molecule has 0 amide bonds. The van der Waals surface area contributed by atoms with Crippen LogP contribution >= 0.6 is 0 Å². The molecule has 110 heavy (non-hydrogen) atoms. The molecule has 8 heteroatoms. The zero-order valence-electron chi connectivity index (χ0n) is 61.1. The van der Waals surface area contributed by atoms with Crippen LogP contribution in [0.5, 0.6) is 0 Å². The Labute approximate surface area is 652 Å². The third-order valence-corrected chi connectivity index (χ3v) is 26.9. The van der Waals surface area contributed by atoms with Crippen LogP contribution in [0.2, 0.25) is 0 Å². The first-order valence-electron chi connectivity index (χ1n) is 37.7. The fourth-order valence-corrected chi connectivity index (χ4v) is 22.0. The van der Waals surface area contributed by atoms with E-state index >= 15 is 0 Å². The van der Waals surface area contributed by atoms with Gasteiger partial charge in [-0.2, -0.15) is 0 Å². The number of rotatable bonds is 12. The van der Waals surface area contributed by atoms with Crippen molar-refractivity contribution in [2.45, 2.75) is 27.7 Å². The average Bonchev–Trinajstić information content (AvgIpc) is 1.11. The van der Waals surface area contributed by atoms with Gasteiger partial charge in [0.15, 0.2) is 0 Å². The first-order chi connectivity index (χ1) is 54.2. The van der Waals surface area contributed by atoms with E-state index in [9.17, 15) is 0 Å². The van der Waals surface area contributed by atoms with E-state index in [1.807, 2.05) is 0 Å². The fourth-order valence-electron chi connectivity index (χ4n) is 17.3. The van der Waals surface area contributed by atoms with Crippen LogP contribution < -0.4 is 29.4 Å². The number of nitrogens with zero attached hydrogens (tertiary/aromatic N) is 6. The van der Waals surface area contributed by atoms with Crippen LogP contribution in [0.4, 0.5) is 102 Å². The Morgan fingerprint density at radius 1 is 0.191 bits per heavy atom. The maximum atomic E-state index is 2.56. The van der Waals surface area contributed by atoms with Crippen molar-refractivity contribution in [1.29, 1.82) is 0 Å². The Kier molecular flexibility index (Phi) is 15.8. The van der Waals surface area contributed by atoms with Crippen LogP contribution in [-0.4, -0.2) is 29.0 Å². The zero-order valence-corrected chi connectivity index (χ0v) is 64.6. The Morgan fingerprint density at radius 2 is 0.527 bits per heavy atom. The third-order valence-electron chi connectivity index (χ3n) is 22.1. The Bertz CT molecular complexity index is 6810. The van der Waals surface area contributed by atoms with Gasteiger partial charge in [0, 0.05) is 0 Å². The van der Waals surface area contributed by atoms with Crippen molar-refractivity contribution in [2.75, 3.05) is 29.4 Å². The molecule has 19 aromatic rings. The summed E-state index contributed by atoms with van der Waals surface area (Å²) in [6, 6.07) is 137. The van der Waals surface area contributed by atoms with Crippen molar-refractivity contribution >= 4 is 192 Å². The van der Waals surface area contributed by atoms with Crippen molar-refractivity contribution in [1.82, 2.24) is 0 Å². The predicted molar refractivity (Wildman–Crippen MR) is 470 cm³/mol. The van der Waals surface area contributed by atoms with E-state index in [1.54, 1.807) is 0 Å². The second kappa shape index (κ2) is 26.5. The molecule has 0 atom stereocenters. The van der Waals surface area contributed by atoms with Gasteiger partial charge in [-0.05, 0) is 27.7 Å². The molecular weight excluding hydrogens is 1470 g/mol. The van der Waals surface area contributed by atoms with E-state index < -0.39 is 0 Å². The first kappa shape index (κ1) is 65.4. The van der Waals surface area contributed by atoms with E-state index in [-0.39, 0.29) is 29.0 Å². The van der Waals surface area contributed by atoms with Gasteiger partial charge >= 0.3 is 606 Å². The van der Waals surface area contributed by atoms with E-state index in [0.717, 1.165) is 113 Å². The molecule has 0 aliphatic carbocycles. The van der Waals surface area contributed by atoms with E-state index in [0.29, 0.717) is 0 Å².